The number of sulfone groups is 1. The molecule has 130 valence electrons. The number of allylic oxidation sites excluding steroid dienone is 2. The van der Waals surface area contributed by atoms with Crippen molar-refractivity contribution < 1.29 is 13.3 Å². The Morgan fingerprint density at radius 2 is 2.04 bits per heavy atom. The molecule has 2 aliphatic rings. The minimum absolute atomic E-state index is 0.155. The molecule has 1 aliphatic heterocycles. The lowest BCUT2D eigenvalue weighted by atomic mass is 9.71. The third-order valence-electron chi connectivity index (χ3n) is 5.12. The van der Waals surface area contributed by atoms with Crippen LogP contribution < -0.4 is 4.90 Å². The summed E-state index contributed by atoms with van der Waals surface area (Å²) in [6.45, 7) is 1.46. The van der Waals surface area contributed by atoms with Crippen LogP contribution in [0.1, 0.15) is 32.1 Å². The highest BCUT2D eigenvalue weighted by molar-refractivity contribution is 7.90. The molecule has 6 nitrogen and oxygen atoms in total. The van der Waals surface area contributed by atoms with Crippen molar-refractivity contribution in [3.63, 3.8) is 0 Å². The average Bonchev–Trinajstić information content (AvgIpc) is 2.54. The Morgan fingerprint density at radius 3 is 2.67 bits per heavy atom. The lowest BCUT2D eigenvalue weighted by molar-refractivity contribution is -0.387. The maximum Gasteiger partial charge on any atom is 0.311 e. The number of hydrogen-bond acceptors (Lipinski definition) is 5. The maximum atomic E-state index is 12.0. The van der Waals surface area contributed by atoms with Gasteiger partial charge in [0.05, 0.1) is 4.92 Å². The molecule has 1 aromatic carbocycles. The Kier molecular flexibility index (Phi) is 4.38. The lowest BCUT2D eigenvalue weighted by Crippen LogP contribution is -2.44. The molecule has 1 unspecified atom stereocenters. The quantitative estimate of drug-likeness (QED) is 0.474. The fourth-order valence-corrected chi connectivity index (χ4v) is 4.83. The monoisotopic (exact) mass is 350 g/mol. The second kappa shape index (κ2) is 6.20. The smallest absolute Gasteiger partial charge is 0.311 e. The van der Waals surface area contributed by atoms with Crippen LogP contribution >= 0.6 is 0 Å². The number of para-hydroxylation sites is 1. The summed E-state index contributed by atoms with van der Waals surface area (Å²) in [6, 6.07) is 4.59. The predicted molar refractivity (Wildman–Crippen MR) is 93.1 cm³/mol. The van der Waals surface area contributed by atoms with Gasteiger partial charge < -0.3 is 4.90 Å². The van der Waals surface area contributed by atoms with Gasteiger partial charge in [-0.05, 0) is 49.7 Å². The minimum atomic E-state index is -3.65. The van der Waals surface area contributed by atoms with E-state index in [-0.39, 0.29) is 16.0 Å². The first-order chi connectivity index (χ1) is 11.3. The number of nitrogens with zero attached hydrogens (tertiary/aromatic N) is 2. The molecule has 0 aromatic heterocycles. The third-order valence-corrected chi connectivity index (χ3v) is 6.25. The fourth-order valence-electron chi connectivity index (χ4n) is 3.98. The number of rotatable bonds is 3. The molecule has 1 aliphatic carbocycles. The number of benzene rings is 1. The minimum Gasteiger partial charge on any atom is -0.365 e. The maximum absolute atomic E-state index is 12.0. The van der Waals surface area contributed by atoms with E-state index in [9.17, 15) is 18.5 Å². The highest BCUT2D eigenvalue weighted by Gasteiger charge is 2.38. The van der Waals surface area contributed by atoms with Gasteiger partial charge in [0.1, 0.15) is 10.6 Å². The molecule has 1 saturated heterocycles. The van der Waals surface area contributed by atoms with Gasteiger partial charge in [0.25, 0.3) is 0 Å². The van der Waals surface area contributed by atoms with Gasteiger partial charge in [0.2, 0.25) is 0 Å². The van der Waals surface area contributed by atoms with E-state index in [0.29, 0.717) is 5.69 Å². The zero-order chi connectivity index (χ0) is 17.4. The first kappa shape index (κ1) is 17.0. The van der Waals surface area contributed by atoms with Crippen LogP contribution in [0, 0.1) is 15.5 Å². The zero-order valence-corrected chi connectivity index (χ0v) is 14.6. The topological polar surface area (TPSA) is 80.5 Å². The Bertz CT molecular complexity index is 788. The summed E-state index contributed by atoms with van der Waals surface area (Å²) in [5, 5.41) is 11.6. The average molecular weight is 350 g/mol. The fraction of sp³-hybridized carbons (Fsp3) is 0.529. The van der Waals surface area contributed by atoms with Gasteiger partial charge in [-0.1, -0.05) is 18.2 Å². The van der Waals surface area contributed by atoms with Crippen LogP contribution in [0.5, 0.6) is 0 Å². The number of piperidine rings is 1. The van der Waals surface area contributed by atoms with Gasteiger partial charge in [-0.3, -0.25) is 10.1 Å². The molecule has 0 bridgehead atoms. The van der Waals surface area contributed by atoms with E-state index >= 15 is 0 Å². The van der Waals surface area contributed by atoms with Crippen LogP contribution in [-0.4, -0.2) is 32.7 Å². The van der Waals surface area contributed by atoms with Gasteiger partial charge in [0, 0.05) is 19.3 Å². The third kappa shape index (κ3) is 3.17. The molecule has 0 N–H and O–H groups in total. The number of nitro benzene ring substituents is 1. The molecule has 24 heavy (non-hydrogen) atoms. The van der Waals surface area contributed by atoms with Gasteiger partial charge >= 0.3 is 5.69 Å². The van der Waals surface area contributed by atoms with E-state index in [4.69, 9.17) is 0 Å². The lowest BCUT2D eigenvalue weighted by Gasteiger charge is -2.44. The van der Waals surface area contributed by atoms with Gasteiger partial charge in [-0.25, -0.2) is 8.42 Å². The van der Waals surface area contributed by atoms with E-state index in [1.165, 1.54) is 6.07 Å². The van der Waals surface area contributed by atoms with Crippen LogP contribution in [0.3, 0.4) is 0 Å². The number of anilines is 1. The van der Waals surface area contributed by atoms with Crippen molar-refractivity contribution in [1.29, 1.82) is 0 Å². The first-order valence-corrected chi connectivity index (χ1v) is 10.1. The molecule has 0 amide bonds. The van der Waals surface area contributed by atoms with Crippen LogP contribution in [-0.2, 0) is 9.84 Å². The van der Waals surface area contributed by atoms with Gasteiger partial charge in [-0.2, -0.15) is 0 Å². The van der Waals surface area contributed by atoms with Crippen LogP contribution in [0.25, 0.3) is 0 Å². The number of nitro groups is 1. The Labute approximate surface area is 142 Å². The Hall–Kier alpha value is -1.89. The van der Waals surface area contributed by atoms with E-state index in [1.54, 1.807) is 12.1 Å². The summed E-state index contributed by atoms with van der Waals surface area (Å²) in [7, 11) is -3.65. The normalized spacial score (nSPS) is 24.3. The van der Waals surface area contributed by atoms with E-state index in [2.05, 4.69) is 12.2 Å². The van der Waals surface area contributed by atoms with E-state index in [1.807, 2.05) is 4.90 Å². The number of hydrogen-bond donors (Lipinski definition) is 0. The molecule has 0 radical (unpaired) electrons. The predicted octanol–water partition coefficient (Wildman–Crippen LogP) is 3.33. The Balaban J connectivity index is 2.03. The molecule has 7 heteroatoms. The van der Waals surface area contributed by atoms with Gasteiger partial charge in [-0.15, -0.1) is 0 Å². The van der Waals surface area contributed by atoms with Crippen molar-refractivity contribution in [3.8, 4) is 0 Å². The summed E-state index contributed by atoms with van der Waals surface area (Å²) in [5.74, 6) is 0. The van der Waals surface area contributed by atoms with Crippen molar-refractivity contribution in [3.05, 3.63) is 40.5 Å². The molecule has 1 aromatic rings. The highest BCUT2D eigenvalue weighted by atomic mass is 32.2. The molecule has 1 atom stereocenters. The highest BCUT2D eigenvalue weighted by Crippen LogP contribution is 2.44. The molecule has 3 rings (SSSR count). The largest absolute Gasteiger partial charge is 0.365 e. The van der Waals surface area contributed by atoms with Crippen LogP contribution in [0.2, 0.25) is 0 Å². The van der Waals surface area contributed by atoms with Crippen molar-refractivity contribution in [1.82, 2.24) is 0 Å². The summed E-state index contributed by atoms with van der Waals surface area (Å²) in [4.78, 5) is 12.8. The Morgan fingerprint density at radius 1 is 1.25 bits per heavy atom. The summed E-state index contributed by atoms with van der Waals surface area (Å²) >= 11 is 0. The van der Waals surface area contributed by atoms with Crippen molar-refractivity contribution in [2.75, 3.05) is 24.2 Å². The van der Waals surface area contributed by atoms with Gasteiger partial charge in [0.15, 0.2) is 9.84 Å². The van der Waals surface area contributed by atoms with Crippen molar-refractivity contribution >= 4 is 21.2 Å². The first-order valence-electron chi connectivity index (χ1n) is 8.20. The molecule has 0 saturated carbocycles. The van der Waals surface area contributed by atoms with Crippen LogP contribution in [0.4, 0.5) is 11.4 Å². The van der Waals surface area contributed by atoms with Crippen molar-refractivity contribution in [2.45, 2.75) is 37.0 Å². The zero-order valence-electron chi connectivity index (χ0n) is 13.8. The van der Waals surface area contributed by atoms with Crippen molar-refractivity contribution in [2.24, 2.45) is 5.41 Å². The molecular formula is C17H22N2O4S. The summed E-state index contributed by atoms with van der Waals surface area (Å²) in [5.41, 5.74) is 0.294. The second-order valence-corrected chi connectivity index (χ2v) is 8.88. The standard InChI is InChI=1S/C17H22N2O4S/c1-24(22,23)15-8-5-7-14(16(15)19(20)21)18-12-6-11-17(13-18)9-3-2-4-10-17/h2-3,5,7-8H,4,6,9-13H2,1H3. The summed E-state index contributed by atoms with van der Waals surface area (Å²) in [6.07, 6.45) is 10.6. The molecule has 1 heterocycles. The molecular weight excluding hydrogens is 328 g/mol. The summed E-state index contributed by atoms with van der Waals surface area (Å²) < 4.78 is 23.9. The van der Waals surface area contributed by atoms with E-state index in [0.717, 1.165) is 51.4 Å². The molecule has 1 spiro atoms. The molecule has 1 fully saturated rings. The second-order valence-electron chi connectivity index (χ2n) is 6.89. The SMILES string of the molecule is CS(=O)(=O)c1cccc(N2CCCC3(CC=CCC3)C2)c1[N+](=O)[O-]. The van der Waals surface area contributed by atoms with Crippen LogP contribution in [0.15, 0.2) is 35.2 Å². The van der Waals surface area contributed by atoms with E-state index < -0.39 is 14.8 Å².